The van der Waals surface area contributed by atoms with Gasteiger partial charge in [-0.3, -0.25) is 4.79 Å². The van der Waals surface area contributed by atoms with E-state index in [-0.39, 0.29) is 17.1 Å². The summed E-state index contributed by atoms with van der Waals surface area (Å²) in [5.74, 6) is 0.964. The Hall–Kier alpha value is -3.54. The molecule has 4 rings (SSSR count). The summed E-state index contributed by atoms with van der Waals surface area (Å²) in [4.78, 5) is 12.7. The van der Waals surface area contributed by atoms with Crippen LogP contribution in [0.1, 0.15) is 49.5 Å². The average Bonchev–Trinajstić information content (AvgIpc) is 3.20. The van der Waals surface area contributed by atoms with Crippen LogP contribution in [0.25, 0.3) is 0 Å². The van der Waals surface area contributed by atoms with E-state index in [9.17, 15) is 9.18 Å². The lowest BCUT2D eigenvalue weighted by molar-refractivity contribution is -0.123. The van der Waals surface area contributed by atoms with Crippen molar-refractivity contribution in [2.24, 2.45) is 0 Å². The molecular formula is C28H30FNO4. The highest BCUT2D eigenvalue weighted by Gasteiger charge is 2.40. The Morgan fingerprint density at radius 1 is 0.941 bits per heavy atom. The molecule has 0 fully saturated rings. The molecule has 34 heavy (non-hydrogen) atoms. The second-order valence-electron chi connectivity index (χ2n) is 9.35. The lowest BCUT2D eigenvalue weighted by atomic mass is 9.87. The predicted molar refractivity (Wildman–Crippen MR) is 129 cm³/mol. The average molecular weight is 464 g/mol. The van der Waals surface area contributed by atoms with Gasteiger partial charge in [-0.25, -0.2) is 4.39 Å². The molecule has 0 aliphatic carbocycles. The number of carbonyl (C=O) groups excluding carboxylic acids is 1. The summed E-state index contributed by atoms with van der Waals surface area (Å²) < 4.78 is 31.2. The molecule has 3 aromatic carbocycles. The largest absolute Gasteiger partial charge is 0.490 e. The first-order valence-corrected chi connectivity index (χ1v) is 11.4. The second-order valence-corrected chi connectivity index (χ2v) is 9.35. The molecule has 1 amide bonds. The van der Waals surface area contributed by atoms with Crippen LogP contribution in [0, 0.1) is 5.82 Å². The summed E-state index contributed by atoms with van der Waals surface area (Å²) >= 11 is 0. The fraction of sp³-hybridized carbons (Fsp3) is 0.321. The zero-order valence-corrected chi connectivity index (χ0v) is 19.9. The molecule has 1 N–H and O–H groups in total. The van der Waals surface area contributed by atoms with E-state index in [1.54, 1.807) is 25.2 Å². The molecule has 3 aromatic rings. The van der Waals surface area contributed by atoms with Crippen molar-refractivity contribution in [3.05, 3.63) is 89.2 Å². The molecular weight excluding hydrogens is 433 g/mol. The van der Waals surface area contributed by atoms with Crippen molar-refractivity contribution in [2.45, 2.75) is 38.2 Å². The van der Waals surface area contributed by atoms with Gasteiger partial charge in [-0.05, 0) is 59.0 Å². The Kier molecular flexibility index (Phi) is 6.77. The van der Waals surface area contributed by atoms with Crippen LogP contribution in [0.3, 0.4) is 0 Å². The molecule has 0 radical (unpaired) electrons. The van der Waals surface area contributed by atoms with Gasteiger partial charge < -0.3 is 19.5 Å². The Morgan fingerprint density at radius 2 is 1.56 bits per heavy atom. The number of ether oxygens (including phenoxy) is 3. The lowest BCUT2D eigenvalue weighted by Crippen LogP contribution is -2.28. The Morgan fingerprint density at radius 3 is 2.18 bits per heavy atom. The number of halogens is 1. The molecule has 178 valence electrons. The number of rotatable bonds is 7. The maximum atomic E-state index is 13.4. The molecule has 0 spiro atoms. The zero-order valence-electron chi connectivity index (χ0n) is 19.9. The molecule has 0 bridgehead atoms. The standard InChI is InChI=1S/C28H30FNO4/c1-28(2,3)19-7-11-21(12-8-19)32-15-16-33-22-13-14-24-23(17-22)25(27(31)30-4)26(34-24)18-5-9-20(29)10-6-18/h5-14,17,25-26H,15-16H2,1-4H3,(H,30,31). The van der Waals surface area contributed by atoms with Gasteiger partial charge in [-0.2, -0.15) is 0 Å². The number of nitrogens with one attached hydrogen (secondary N) is 1. The van der Waals surface area contributed by atoms with Gasteiger partial charge in [0.1, 0.15) is 48.3 Å². The quantitative estimate of drug-likeness (QED) is 0.467. The highest BCUT2D eigenvalue weighted by atomic mass is 19.1. The summed E-state index contributed by atoms with van der Waals surface area (Å²) in [6.45, 7) is 7.27. The van der Waals surface area contributed by atoms with Crippen LogP contribution < -0.4 is 19.5 Å². The SMILES string of the molecule is CNC(=O)C1c2cc(OCCOc3ccc(C(C)(C)C)cc3)ccc2OC1c1ccc(F)cc1. The number of likely N-dealkylation sites (N-methyl/N-ethyl adjacent to an activating group) is 1. The molecule has 1 aliphatic heterocycles. The third kappa shape index (κ3) is 5.16. The molecule has 2 unspecified atom stereocenters. The van der Waals surface area contributed by atoms with E-state index in [1.165, 1.54) is 17.7 Å². The molecule has 1 heterocycles. The molecule has 2 atom stereocenters. The molecule has 0 saturated carbocycles. The van der Waals surface area contributed by atoms with E-state index >= 15 is 0 Å². The number of hydrogen-bond acceptors (Lipinski definition) is 4. The number of fused-ring (bicyclic) bond motifs is 1. The van der Waals surface area contributed by atoms with Crippen LogP contribution in [0.5, 0.6) is 17.2 Å². The smallest absolute Gasteiger partial charge is 0.231 e. The normalized spacial score (nSPS) is 17.0. The number of hydrogen-bond donors (Lipinski definition) is 1. The van der Waals surface area contributed by atoms with Crippen molar-refractivity contribution in [3.63, 3.8) is 0 Å². The molecule has 6 heteroatoms. The van der Waals surface area contributed by atoms with Crippen molar-refractivity contribution in [3.8, 4) is 17.2 Å². The first-order valence-electron chi connectivity index (χ1n) is 11.4. The van der Waals surface area contributed by atoms with Crippen molar-refractivity contribution in [1.82, 2.24) is 5.32 Å². The minimum atomic E-state index is -0.563. The summed E-state index contributed by atoms with van der Waals surface area (Å²) in [6.07, 6.45) is -0.537. The number of carbonyl (C=O) groups is 1. The van der Waals surface area contributed by atoms with Gasteiger partial charge in [0.2, 0.25) is 5.91 Å². The lowest BCUT2D eigenvalue weighted by Gasteiger charge is -2.19. The Labute approximate surface area is 199 Å². The van der Waals surface area contributed by atoms with Gasteiger partial charge in [0.25, 0.3) is 0 Å². The van der Waals surface area contributed by atoms with Gasteiger partial charge in [-0.1, -0.05) is 45.0 Å². The fourth-order valence-corrected chi connectivity index (χ4v) is 4.05. The number of amides is 1. The fourth-order valence-electron chi connectivity index (χ4n) is 4.05. The molecule has 0 saturated heterocycles. The first kappa shape index (κ1) is 23.6. The minimum Gasteiger partial charge on any atom is -0.490 e. The second kappa shape index (κ2) is 9.75. The van der Waals surface area contributed by atoms with Gasteiger partial charge in [0.15, 0.2) is 0 Å². The van der Waals surface area contributed by atoms with Crippen molar-refractivity contribution >= 4 is 5.91 Å². The van der Waals surface area contributed by atoms with Gasteiger partial charge in [0, 0.05) is 12.6 Å². The van der Waals surface area contributed by atoms with Crippen LogP contribution in [-0.4, -0.2) is 26.2 Å². The van der Waals surface area contributed by atoms with E-state index in [2.05, 4.69) is 38.2 Å². The van der Waals surface area contributed by atoms with E-state index in [1.807, 2.05) is 24.3 Å². The highest BCUT2D eigenvalue weighted by Crippen LogP contribution is 2.47. The highest BCUT2D eigenvalue weighted by molar-refractivity contribution is 5.86. The van der Waals surface area contributed by atoms with Crippen molar-refractivity contribution in [1.29, 1.82) is 0 Å². The van der Waals surface area contributed by atoms with E-state index in [0.717, 1.165) is 16.9 Å². The zero-order chi connectivity index (χ0) is 24.3. The minimum absolute atomic E-state index is 0.0984. The van der Waals surface area contributed by atoms with E-state index in [0.29, 0.717) is 24.7 Å². The topological polar surface area (TPSA) is 56.8 Å². The molecule has 1 aliphatic rings. The van der Waals surface area contributed by atoms with Gasteiger partial charge in [-0.15, -0.1) is 0 Å². The third-order valence-electron chi connectivity index (χ3n) is 5.94. The molecule has 5 nitrogen and oxygen atoms in total. The maximum Gasteiger partial charge on any atom is 0.231 e. The summed E-state index contributed by atoms with van der Waals surface area (Å²) in [5.41, 5.74) is 2.83. The number of benzene rings is 3. The van der Waals surface area contributed by atoms with Crippen LogP contribution in [0.4, 0.5) is 4.39 Å². The van der Waals surface area contributed by atoms with E-state index in [4.69, 9.17) is 14.2 Å². The summed E-state index contributed by atoms with van der Waals surface area (Å²) in [6, 6.07) is 19.6. The summed E-state index contributed by atoms with van der Waals surface area (Å²) in [5, 5.41) is 2.71. The van der Waals surface area contributed by atoms with E-state index < -0.39 is 12.0 Å². The first-order chi connectivity index (χ1) is 16.3. The van der Waals surface area contributed by atoms with Crippen molar-refractivity contribution < 1.29 is 23.4 Å². The molecule has 0 aromatic heterocycles. The van der Waals surface area contributed by atoms with Crippen LogP contribution in [-0.2, 0) is 10.2 Å². The third-order valence-corrected chi connectivity index (χ3v) is 5.94. The van der Waals surface area contributed by atoms with Gasteiger partial charge >= 0.3 is 0 Å². The summed E-state index contributed by atoms with van der Waals surface area (Å²) in [7, 11) is 1.59. The Balaban J connectivity index is 1.41. The van der Waals surface area contributed by atoms with Crippen LogP contribution >= 0.6 is 0 Å². The van der Waals surface area contributed by atoms with Crippen LogP contribution in [0.15, 0.2) is 66.7 Å². The Bertz CT molecular complexity index is 1140. The van der Waals surface area contributed by atoms with Gasteiger partial charge in [0.05, 0.1) is 0 Å². The monoisotopic (exact) mass is 463 g/mol. The predicted octanol–water partition coefficient (Wildman–Crippen LogP) is 5.54. The van der Waals surface area contributed by atoms with Crippen molar-refractivity contribution in [2.75, 3.05) is 20.3 Å². The van der Waals surface area contributed by atoms with Crippen LogP contribution in [0.2, 0.25) is 0 Å². The maximum absolute atomic E-state index is 13.4.